The highest BCUT2D eigenvalue weighted by Crippen LogP contribution is 2.21. The van der Waals surface area contributed by atoms with Gasteiger partial charge in [-0.25, -0.2) is 4.98 Å². The first-order chi connectivity index (χ1) is 13.2. The van der Waals surface area contributed by atoms with Crippen molar-refractivity contribution in [2.24, 2.45) is 0 Å². The number of benzene rings is 1. The van der Waals surface area contributed by atoms with Crippen LogP contribution in [0.5, 0.6) is 0 Å². The summed E-state index contributed by atoms with van der Waals surface area (Å²) in [7, 11) is 0. The summed E-state index contributed by atoms with van der Waals surface area (Å²) in [5.74, 6) is 1.03. The van der Waals surface area contributed by atoms with Gasteiger partial charge in [-0.05, 0) is 55.2 Å². The topological polar surface area (TPSA) is 65.5 Å². The van der Waals surface area contributed by atoms with E-state index in [1.54, 1.807) is 17.0 Å². The normalized spacial score (nSPS) is 16.8. The Morgan fingerprint density at radius 3 is 2.41 bits per heavy atom. The Kier molecular flexibility index (Phi) is 5.05. The van der Waals surface area contributed by atoms with Crippen LogP contribution in [0.2, 0.25) is 0 Å². The van der Waals surface area contributed by atoms with Gasteiger partial charge in [-0.1, -0.05) is 6.07 Å². The van der Waals surface area contributed by atoms with Crippen LogP contribution in [0.15, 0.2) is 42.6 Å². The predicted molar refractivity (Wildman–Crippen MR) is 105 cm³/mol. The number of hydrogen-bond acceptors (Lipinski definition) is 4. The molecule has 1 aromatic heterocycles. The molecule has 27 heavy (non-hydrogen) atoms. The van der Waals surface area contributed by atoms with E-state index >= 15 is 0 Å². The molecule has 0 spiro atoms. The summed E-state index contributed by atoms with van der Waals surface area (Å²) in [6.07, 6.45) is 5.78. The molecule has 2 fully saturated rings. The van der Waals surface area contributed by atoms with Gasteiger partial charge < -0.3 is 15.1 Å². The Morgan fingerprint density at radius 2 is 1.78 bits per heavy atom. The van der Waals surface area contributed by atoms with Gasteiger partial charge in [-0.3, -0.25) is 9.59 Å². The number of hydrogen-bond donors (Lipinski definition) is 1. The maximum atomic E-state index is 12.4. The SMILES string of the molecule is O=C(NCc1ccc(N2CCCC2)nc1)c1ccc(N2CCCC2=O)cc1. The van der Waals surface area contributed by atoms with Crippen molar-refractivity contribution in [3.05, 3.63) is 53.7 Å². The lowest BCUT2D eigenvalue weighted by Crippen LogP contribution is -2.25. The van der Waals surface area contributed by atoms with Crippen molar-refractivity contribution in [3.63, 3.8) is 0 Å². The van der Waals surface area contributed by atoms with E-state index in [0.29, 0.717) is 18.5 Å². The average Bonchev–Trinajstić information content (AvgIpc) is 3.38. The quantitative estimate of drug-likeness (QED) is 0.886. The lowest BCUT2D eigenvalue weighted by molar-refractivity contribution is -0.117. The number of rotatable bonds is 5. The van der Waals surface area contributed by atoms with E-state index in [1.807, 2.05) is 30.5 Å². The van der Waals surface area contributed by atoms with Crippen LogP contribution < -0.4 is 15.1 Å². The molecule has 0 radical (unpaired) electrons. The second-order valence-electron chi connectivity index (χ2n) is 7.10. The number of aromatic nitrogens is 1. The zero-order valence-electron chi connectivity index (χ0n) is 15.4. The average molecular weight is 364 g/mol. The van der Waals surface area contributed by atoms with Crippen molar-refractivity contribution in [1.82, 2.24) is 10.3 Å². The van der Waals surface area contributed by atoms with E-state index < -0.39 is 0 Å². The molecule has 3 heterocycles. The van der Waals surface area contributed by atoms with Crippen molar-refractivity contribution in [1.29, 1.82) is 0 Å². The molecule has 0 unspecified atom stereocenters. The number of carbonyl (C=O) groups excluding carboxylic acids is 2. The van der Waals surface area contributed by atoms with Crippen LogP contribution >= 0.6 is 0 Å². The molecule has 0 aliphatic carbocycles. The van der Waals surface area contributed by atoms with Gasteiger partial charge in [0, 0.05) is 50.0 Å². The minimum absolute atomic E-state index is 0.127. The van der Waals surface area contributed by atoms with Gasteiger partial charge in [0.2, 0.25) is 5.91 Å². The molecule has 1 N–H and O–H groups in total. The molecule has 1 aromatic carbocycles. The number of pyridine rings is 1. The fourth-order valence-electron chi connectivity index (χ4n) is 3.65. The first-order valence-corrected chi connectivity index (χ1v) is 9.59. The fraction of sp³-hybridized carbons (Fsp3) is 0.381. The fourth-order valence-corrected chi connectivity index (χ4v) is 3.65. The van der Waals surface area contributed by atoms with Crippen LogP contribution in [0.4, 0.5) is 11.5 Å². The number of nitrogens with one attached hydrogen (secondary N) is 1. The lowest BCUT2D eigenvalue weighted by Gasteiger charge is -2.16. The van der Waals surface area contributed by atoms with Crippen LogP contribution in [-0.2, 0) is 11.3 Å². The summed E-state index contributed by atoms with van der Waals surface area (Å²) in [6, 6.07) is 11.3. The summed E-state index contributed by atoms with van der Waals surface area (Å²) in [5.41, 5.74) is 2.42. The van der Waals surface area contributed by atoms with Crippen molar-refractivity contribution in [2.45, 2.75) is 32.2 Å². The van der Waals surface area contributed by atoms with Gasteiger partial charge in [0.25, 0.3) is 5.91 Å². The second-order valence-corrected chi connectivity index (χ2v) is 7.10. The van der Waals surface area contributed by atoms with Crippen molar-refractivity contribution in [3.8, 4) is 0 Å². The molecule has 2 saturated heterocycles. The molecule has 0 bridgehead atoms. The highest BCUT2D eigenvalue weighted by Gasteiger charge is 2.21. The van der Waals surface area contributed by atoms with Crippen LogP contribution in [0.3, 0.4) is 0 Å². The monoisotopic (exact) mass is 364 g/mol. The van der Waals surface area contributed by atoms with E-state index in [1.165, 1.54) is 12.8 Å². The van der Waals surface area contributed by atoms with E-state index in [2.05, 4.69) is 15.2 Å². The summed E-state index contributed by atoms with van der Waals surface area (Å²) in [6.45, 7) is 3.34. The van der Waals surface area contributed by atoms with Gasteiger partial charge in [0.1, 0.15) is 5.82 Å². The molecule has 6 nitrogen and oxygen atoms in total. The maximum absolute atomic E-state index is 12.4. The molecule has 0 atom stereocenters. The van der Waals surface area contributed by atoms with E-state index in [4.69, 9.17) is 0 Å². The summed E-state index contributed by atoms with van der Waals surface area (Å²) >= 11 is 0. The molecule has 0 saturated carbocycles. The lowest BCUT2D eigenvalue weighted by atomic mass is 10.1. The zero-order valence-corrected chi connectivity index (χ0v) is 15.4. The number of carbonyl (C=O) groups is 2. The second kappa shape index (κ2) is 7.78. The van der Waals surface area contributed by atoms with Gasteiger partial charge in [0.05, 0.1) is 0 Å². The van der Waals surface area contributed by atoms with Gasteiger partial charge >= 0.3 is 0 Å². The largest absolute Gasteiger partial charge is 0.357 e. The predicted octanol–water partition coefficient (Wildman–Crippen LogP) is 2.74. The summed E-state index contributed by atoms with van der Waals surface area (Å²) < 4.78 is 0. The van der Waals surface area contributed by atoms with Gasteiger partial charge in [-0.2, -0.15) is 0 Å². The Hall–Kier alpha value is -2.89. The standard InChI is InChI=1S/C21H24N4O2/c26-20-4-3-13-25(20)18-8-6-17(7-9-18)21(27)23-15-16-5-10-19(22-14-16)24-11-1-2-12-24/h5-10,14H,1-4,11-13,15H2,(H,23,27). The molecular weight excluding hydrogens is 340 g/mol. The van der Waals surface area contributed by atoms with Crippen LogP contribution in [-0.4, -0.2) is 36.4 Å². The molecule has 140 valence electrons. The van der Waals surface area contributed by atoms with Crippen LogP contribution in [0.25, 0.3) is 0 Å². The number of anilines is 2. The highest BCUT2D eigenvalue weighted by molar-refractivity contribution is 5.97. The Balaban J connectivity index is 1.33. The third kappa shape index (κ3) is 3.94. The smallest absolute Gasteiger partial charge is 0.251 e. The van der Waals surface area contributed by atoms with Crippen LogP contribution in [0, 0.1) is 0 Å². The Labute approximate surface area is 159 Å². The van der Waals surface area contributed by atoms with Crippen molar-refractivity contribution in [2.75, 3.05) is 29.4 Å². The van der Waals surface area contributed by atoms with Crippen molar-refractivity contribution >= 4 is 23.3 Å². The molecule has 2 aliphatic rings. The molecule has 2 aliphatic heterocycles. The van der Waals surface area contributed by atoms with E-state index in [9.17, 15) is 9.59 Å². The maximum Gasteiger partial charge on any atom is 0.251 e. The molecule has 4 rings (SSSR count). The minimum Gasteiger partial charge on any atom is -0.357 e. The Bertz CT molecular complexity index is 811. The number of amides is 2. The number of nitrogens with zero attached hydrogens (tertiary/aromatic N) is 3. The van der Waals surface area contributed by atoms with Crippen molar-refractivity contribution < 1.29 is 9.59 Å². The van der Waals surface area contributed by atoms with Crippen LogP contribution in [0.1, 0.15) is 41.6 Å². The Morgan fingerprint density at radius 1 is 1.00 bits per heavy atom. The summed E-state index contributed by atoms with van der Waals surface area (Å²) in [5, 5.41) is 2.93. The molecule has 2 amide bonds. The molecule has 2 aromatic rings. The first kappa shape index (κ1) is 17.5. The highest BCUT2D eigenvalue weighted by atomic mass is 16.2. The zero-order chi connectivity index (χ0) is 18.6. The third-order valence-electron chi connectivity index (χ3n) is 5.21. The van der Waals surface area contributed by atoms with E-state index in [0.717, 1.165) is 43.1 Å². The first-order valence-electron chi connectivity index (χ1n) is 9.59. The third-order valence-corrected chi connectivity index (χ3v) is 5.21. The molecular formula is C21H24N4O2. The minimum atomic E-state index is -0.127. The summed E-state index contributed by atoms with van der Waals surface area (Å²) in [4.78, 5) is 32.7. The van der Waals surface area contributed by atoms with Gasteiger partial charge in [0.15, 0.2) is 0 Å². The van der Waals surface area contributed by atoms with Gasteiger partial charge in [-0.15, -0.1) is 0 Å². The van der Waals surface area contributed by atoms with E-state index in [-0.39, 0.29) is 11.8 Å². The molecule has 6 heteroatoms.